The molecular formula is C12H24N2. The van der Waals surface area contributed by atoms with E-state index in [0.29, 0.717) is 0 Å². The Kier molecular flexibility index (Phi) is 3.45. The van der Waals surface area contributed by atoms with E-state index in [4.69, 9.17) is 0 Å². The van der Waals surface area contributed by atoms with Gasteiger partial charge in [0, 0.05) is 18.6 Å². The van der Waals surface area contributed by atoms with Crippen LogP contribution in [-0.2, 0) is 0 Å². The lowest BCUT2D eigenvalue weighted by Gasteiger charge is -2.38. The van der Waals surface area contributed by atoms with E-state index in [1.54, 1.807) is 0 Å². The van der Waals surface area contributed by atoms with E-state index in [2.05, 4.69) is 24.1 Å². The number of hydrogen-bond donors (Lipinski definition) is 1. The topological polar surface area (TPSA) is 15.3 Å². The molecule has 2 aliphatic rings. The Morgan fingerprint density at radius 2 is 2.14 bits per heavy atom. The third kappa shape index (κ3) is 2.29. The molecule has 0 aromatic carbocycles. The highest BCUT2D eigenvalue weighted by Crippen LogP contribution is 2.36. The van der Waals surface area contributed by atoms with Crippen LogP contribution in [-0.4, -0.2) is 36.6 Å². The Bertz CT molecular complexity index is 171. The van der Waals surface area contributed by atoms with Crippen LogP contribution in [0.15, 0.2) is 0 Å². The summed E-state index contributed by atoms with van der Waals surface area (Å²) in [6, 6.07) is 1.63. The van der Waals surface area contributed by atoms with E-state index < -0.39 is 0 Å². The minimum atomic E-state index is 0.810. The molecule has 2 unspecified atom stereocenters. The molecule has 1 saturated carbocycles. The Morgan fingerprint density at radius 1 is 1.36 bits per heavy atom. The fraction of sp³-hybridized carbons (Fsp3) is 1.00. The van der Waals surface area contributed by atoms with Crippen molar-refractivity contribution in [1.82, 2.24) is 10.2 Å². The maximum Gasteiger partial charge on any atom is 0.0223 e. The molecule has 2 fully saturated rings. The van der Waals surface area contributed by atoms with Crippen molar-refractivity contribution in [3.8, 4) is 0 Å². The predicted octanol–water partition coefficient (Wildman–Crippen LogP) is 1.86. The van der Waals surface area contributed by atoms with Crippen molar-refractivity contribution in [2.75, 3.05) is 19.6 Å². The van der Waals surface area contributed by atoms with Crippen LogP contribution < -0.4 is 5.32 Å². The fourth-order valence-corrected chi connectivity index (χ4v) is 2.84. The normalized spacial score (nSPS) is 30.6. The average Bonchev–Trinajstić information content (AvgIpc) is 3.03. The van der Waals surface area contributed by atoms with Crippen LogP contribution in [0.3, 0.4) is 0 Å². The van der Waals surface area contributed by atoms with Gasteiger partial charge in [-0.05, 0) is 51.6 Å². The van der Waals surface area contributed by atoms with Crippen LogP contribution in [0.25, 0.3) is 0 Å². The van der Waals surface area contributed by atoms with Crippen LogP contribution in [0.1, 0.15) is 39.5 Å². The highest BCUT2D eigenvalue weighted by Gasteiger charge is 2.34. The number of piperidine rings is 1. The summed E-state index contributed by atoms with van der Waals surface area (Å²) in [7, 11) is 0. The van der Waals surface area contributed by atoms with Crippen molar-refractivity contribution in [3.05, 3.63) is 0 Å². The third-order valence-corrected chi connectivity index (χ3v) is 3.93. The summed E-state index contributed by atoms with van der Waals surface area (Å²) in [6.45, 7) is 8.41. The van der Waals surface area contributed by atoms with Crippen molar-refractivity contribution in [1.29, 1.82) is 0 Å². The summed E-state index contributed by atoms with van der Waals surface area (Å²) in [5.74, 6) is 1.01. The molecule has 2 atom stereocenters. The first-order valence-electron chi connectivity index (χ1n) is 6.29. The average molecular weight is 196 g/mol. The maximum atomic E-state index is 3.52. The van der Waals surface area contributed by atoms with E-state index in [0.717, 1.165) is 18.0 Å². The molecule has 1 heterocycles. The molecule has 2 nitrogen and oxygen atoms in total. The first kappa shape index (κ1) is 10.4. The molecule has 0 bridgehead atoms. The second kappa shape index (κ2) is 4.63. The zero-order valence-corrected chi connectivity index (χ0v) is 9.63. The zero-order chi connectivity index (χ0) is 9.97. The van der Waals surface area contributed by atoms with Crippen LogP contribution >= 0.6 is 0 Å². The summed E-state index contributed by atoms with van der Waals surface area (Å²) in [6.07, 6.45) is 5.70. The minimum Gasteiger partial charge on any atom is -0.315 e. The Labute approximate surface area is 88.1 Å². The van der Waals surface area contributed by atoms with Gasteiger partial charge in [0.1, 0.15) is 0 Å². The fourth-order valence-electron chi connectivity index (χ4n) is 2.84. The number of rotatable bonds is 4. The standard InChI is InChI=1S/C12H24N2/c1-3-14(10(2)11-6-7-11)12-5-4-8-13-9-12/h10-13H,3-9H2,1-2H3. The van der Waals surface area contributed by atoms with Crippen LogP contribution in [0.2, 0.25) is 0 Å². The lowest BCUT2D eigenvalue weighted by molar-refractivity contribution is 0.115. The number of hydrogen-bond acceptors (Lipinski definition) is 2. The lowest BCUT2D eigenvalue weighted by Crippen LogP contribution is -2.50. The highest BCUT2D eigenvalue weighted by molar-refractivity contribution is 4.89. The van der Waals surface area contributed by atoms with Crippen LogP contribution in [0.4, 0.5) is 0 Å². The van der Waals surface area contributed by atoms with Gasteiger partial charge < -0.3 is 5.32 Å². The summed E-state index contributed by atoms with van der Waals surface area (Å²) in [5.41, 5.74) is 0. The van der Waals surface area contributed by atoms with E-state index in [1.807, 2.05) is 0 Å². The van der Waals surface area contributed by atoms with Gasteiger partial charge in [0.05, 0.1) is 0 Å². The van der Waals surface area contributed by atoms with Gasteiger partial charge in [0.25, 0.3) is 0 Å². The van der Waals surface area contributed by atoms with Crippen LogP contribution in [0, 0.1) is 5.92 Å². The molecule has 0 spiro atoms. The second-order valence-electron chi connectivity index (χ2n) is 4.91. The molecule has 1 aliphatic heterocycles. The predicted molar refractivity (Wildman–Crippen MR) is 60.5 cm³/mol. The summed E-state index contributed by atoms with van der Waals surface area (Å²) in [5, 5.41) is 3.52. The highest BCUT2D eigenvalue weighted by atomic mass is 15.2. The van der Waals surface area contributed by atoms with Crippen molar-refractivity contribution >= 4 is 0 Å². The number of likely N-dealkylation sites (N-methyl/N-ethyl adjacent to an activating group) is 1. The molecule has 1 N–H and O–H groups in total. The van der Waals surface area contributed by atoms with Gasteiger partial charge in [-0.2, -0.15) is 0 Å². The molecule has 14 heavy (non-hydrogen) atoms. The smallest absolute Gasteiger partial charge is 0.0223 e. The number of nitrogens with one attached hydrogen (secondary N) is 1. The Hall–Kier alpha value is -0.0800. The summed E-state index contributed by atoms with van der Waals surface area (Å²) < 4.78 is 0. The molecule has 0 radical (unpaired) electrons. The number of nitrogens with zero attached hydrogens (tertiary/aromatic N) is 1. The van der Waals surface area contributed by atoms with Crippen molar-refractivity contribution in [2.45, 2.75) is 51.6 Å². The molecule has 1 aliphatic carbocycles. The molecular weight excluding hydrogens is 172 g/mol. The SMILES string of the molecule is CCN(C1CCCNC1)C(C)C1CC1. The van der Waals surface area contributed by atoms with Crippen molar-refractivity contribution < 1.29 is 0 Å². The van der Waals surface area contributed by atoms with E-state index >= 15 is 0 Å². The first-order valence-corrected chi connectivity index (χ1v) is 6.29. The van der Waals surface area contributed by atoms with E-state index in [9.17, 15) is 0 Å². The van der Waals surface area contributed by atoms with Gasteiger partial charge >= 0.3 is 0 Å². The van der Waals surface area contributed by atoms with Gasteiger partial charge in [0.2, 0.25) is 0 Å². The Balaban J connectivity index is 1.89. The molecule has 1 saturated heterocycles. The van der Waals surface area contributed by atoms with Gasteiger partial charge in [-0.25, -0.2) is 0 Å². The maximum absolute atomic E-state index is 3.52. The van der Waals surface area contributed by atoms with E-state index in [1.165, 1.54) is 45.3 Å². The summed E-state index contributed by atoms with van der Waals surface area (Å²) in [4.78, 5) is 2.73. The van der Waals surface area contributed by atoms with Gasteiger partial charge in [-0.1, -0.05) is 6.92 Å². The molecule has 0 amide bonds. The van der Waals surface area contributed by atoms with Crippen molar-refractivity contribution in [3.63, 3.8) is 0 Å². The zero-order valence-electron chi connectivity index (χ0n) is 9.63. The molecule has 82 valence electrons. The molecule has 2 rings (SSSR count). The van der Waals surface area contributed by atoms with E-state index in [-0.39, 0.29) is 0 Å². The largest absolute Gasteiger partial charge is 0.315 e. The van der Waals surface area contributed by atoms with Crippen molar-refractivity contribution in [2.24, 2.45) is 5.92 Å². The van der Waals surface area contributed by atoms with Gasteiger partial charge in [-0.15, -0.1) is 0 Å². The Morgan fingerprint density at radius 3 is 2.64 bits per heavy atom. The summed E-state index contributed by atoms with van der Waals surface area (Å²) >= 11 is 0. The van der Waals surface area contributed by atoms with Gasteiger partial charge in [0.15, 0.2) is 0 Å². The second-order valence-corrected chi connectivity index (χ2v) is 4.91. The third-order valence-electron chi connectivity index (χ3n) is 3.93. The van der Waals surface area contributed by atoms with Gasteiger partial charge in [-0.3, -0.25) is 4.90 Å². The lowest BCUT2D eigenvalue weighted by atomic mass is 10.0. The quantitative estimate of drug-likeness (QED) is 0.738. The van der Waals surface area contributed by atoms with Crippen LogP contribution in [0.5, 0.6) is 0 Å². The minimum absolute atomic E-state index is 0.810. The monoisotopic (exact) mass is 196 g/mol. The molecule has 0 aromatic rings. The molecule has 2 heteroatoms. The first-order chi connectivity index (χ1) is 6.83. The molecule has 0 aromatic heterocycles.